The first-order valence-electron chi connectivity index (χ1n) is 5.77. The third-order valence-corrected chi connectivity index (χ3v) is 4.49. The van der Waals surface area contributed by atoms with Crippen LogP contribution in [0.25, 0.3) is 0 Å². The second-order valence-electron chi connectivity index (χ2n) is 3.97. The van der Waals surface area contributed by atoms with Crippen LogP contribution in [-0.2, 0) is 21.3 Å². The highest BCUT2D eigenvalue weighted by atomic mass is 79.9. The van der Waals surface area contributed by atoms with Crippen molar-refractivity contribution in [3.8, 4) is 0 Å². The fourth-order valence-corrected chi connectivity index (χ4v) is 2.86. The van der Waals surface area contributed by atoms with Crippen molar-refractivity contribution in [3.63, 3.8) is 0 Å². The van der Waals surface area contributed by atoms with Gasteiger partial charge in [-0.15, -0.1) is 0 Å². The minimum Gasteiger partial charge on any atom is -0.465 e. The van der Waals surface area contributed by atoms with Crippen LogP contribution in [0.15, 0.2) is 52.0 Å². The van der Waals surface area contributed by atoms with Gasteiger partial charge in [0.2, 0.25) is 0 Å². The van der Waals surface area contributed by atoms with Gasteiger partial charge in [-0.3, -0.25) is 9.19 Å². The molecule has 0 spiro atoms. The molecule has 0 aliphatic rings. The van der Waals surface area contributed by atoms with Crippen LogP contribution in [0.2, 0.25) is 0 Å². The highest BCUT2D eigenvalue weighted by Gasteiger charge is 2.09. The number of esters is 1. The molecule has 1 atom stereocenters. The van der Waals surface area contributed by atoms with Gasteiger partial charge in [0.05, 0.1) is 34.9 Å². The van der Waals surface area contributed by atoms with Gasteiger partial charge in [-0.25, -0.2) is 4.79 Å². The molecule has 0 bridgehead atoms. The normalized spacial score (nSPS) is 11.9. The number of carbonyl (C=O) groups excluding carboxylic acids is 1. The molecular weight excluding hydrogens is 342 g/mol. The Balaban J connectivity index is 2.08. The number of rotatable bonds is 4. The summed E-state index contributed by atoms with van der Waals surface area (Å²) in [5, 5.41) is 0. The molecule has 0 saturated heterocycles. The summed E-state index contributed by atoms with van der Waals surface area (Å²) < 4.78 is 17.7. The van der Waals surface area contributed by atoms with E-state index in [1.165, 1.54) is 13.3 Å². The van der Waals surface area contributed by atoms with Gasteiger partial charge < -0.3 is 4.74 Å². The van der Waals surface area contributed by atoms with Crippen molar-refractivity contribution < 1.29 is 13.7 Å². The third kappa shape index (κ3) is 3.74. The second-order valence-corrected chi connectivity index (χ2v) is 6.34. The Morgan fingerprint density at radius 3 is 2.50 bits per heavy atom. The average molecular weight is 354 g/mol. The summed E-state index contributed by atoms with van der Waals surface area (Å²) in [7, 11) is 0.157. The summed E-state index contributed by atoms with van der Waals surface area (Å²) in [5.74, 6) is -0.124. The summed E-state index contributed by atoms with van der Waals surface area (Å²) in [4.78, 5) is 16.1. The Kier molecular flexibility index (Phi) is 5.03. The first kappa shape index (κ1) is 14.9. The smallest absolute Gasteiger partial charge is 0.339 e. The van der Waals surface area contributed by atoms with E-state index in [1.54, 1.807) is 12.1 Å². The Bertz CT molecular complexity index is 626. The molecule has 0 aliphatic heterocycles. The summed E-state index contributed by atoms with van der Waals surface area (Å²) in [6.45, 7) is 0. The van der Waals surface area contributed by atoms with E-state index in [9.17, 15) is 9.00 Å². The SMILES string of the molecule is COC(=O)c1ccc(CS(=O)c2ccc(Br)cc2)nc1. The van der Waals surface area contributed by atoms with Gasteiger partial charge in [0.25, 0.3) is 0 Å². The van der Waals surface area contributed by atoms with E-state index in [0.29, 0.717) is 17.0 Å². The van der Waals surface area contributed by atoms with E-state index in [1.807, 2.05) is 24.3 Å². The molecule has 2 aromatic rings. The zero-order valence-electron chi connectivity index (χ0n) is 10.7. The monoisotopic (exact) mass is 353 g/mol. The van der Waals surface area contributed by atoms with Crippen LogP contribution in [0.4, 0.5) is 0 Å². The predicted octanol–water partition coefficient (Wildman–Crippen LogP) is 2.94. The van der Waals surface area contributed by atoms with Crippen LogP contribution < -0.4 is 0 Å². The molecule has 0 aliphatic carbocycles. The molecule has 1 unspecified atom stereocenters. The van der Waals surface area contributed by atoms with Gasteiger partial charge in [-0.1, -0.05) is 15.9 Å². The molecule has 6 heteroatoms. The molecule has 20 heavy (non-hydrogen) atoms. The van der Waals surface area contributed by atoms with Crippen LogP contribution in [-0.4, -0.2) is 22.3 Å². The largest absolute Gasteiger partial charge is 0.465 e. The summed E-state index contributed by atoms with van der Waals surface area (Å²) in [6.07, 6.45) is 1.43. The van der Waals surface area contributed by atoms with Crippen molar-refractivity contribution in [2.75, 3.05) is 7.11 Å². The lowest BCUT2D eigenvalue weighted by atomic mass is 10.2. The van der Waals surface area contributed by atoms with Crippen molar-refractivity contribution in [3.05, 3.63) is 58.3 Å². The van der Waals surface area contributed by atoms with Gasteiger partial charge in [-0.05, 0) is 36.4 Å². The van der Waals surface area contributed by atoms with Gasteiger partial charge in [0, 0.05) is 15.6 Å². The first-order chi connectivity index (χ1) is 9.60. The molecule has 0 N–H and O–H groups in total. The van der Waals surface area contributed by atoms with Crippen LogP contribution in [0.5, 0.6) is 0 Å². The molecule has 104 valence electrons. The summed E-state index contributed by atoms with van der Waals surface area (Å²) in [6, 6.07) is 10.6. The van der Waals surface area contributed by atoms with Crippen molar-refractivity contribution in [1.82, 2.24) is 4.98 Å². The Morgan fingerprint density at radius 2 is 1.95 bits per heavy atom. The average Bonchev–Trinajstić information content (AvgIpc) is 2.48. The van der Waals surface area contributed by atoms with Crippen LogP contribution in [0.3, 0.4) is 0 Å². The number of hydrogen-bond donors (Lipinski definition) is 0. The Hall–Kier alpha value is -1.53. The van der Waals surface area contributed by atoms with Crippen molar-refractivity contribution in [2.45, 2.75) is 10.6 Å². The zero-order valence-corrected chi connectivity index (χ0v) is 13.1. The van der Waals surface area contributed by atoms with Gasteiger partial charge in [0.15, 0.2) is 0 Å². The van der Waals surface area contributed by atoms with Crippen LogP contribution in [0.1, 0.15) is 16.1 Å². The van der Waals surface area contributed by atoms with Crippen molar-refractivity contribution in [1.29, 1.82) is 0 Å². The molecule has 0 radical (unpaired) electrons. The van der Waals surface area contributed by atoms with E-state index >= 15 is 0 Å². The fourth-order valence-electron chi connectivity index (χ4n) is 1.55. The van der Waals surface area contributed by atoms with Crippen molar-refractivity contribution >= 4 is 32.7 Å². The molecule has 1 aromatic heterocycles. The lowest BCUT2D eigenvalue weighted by Crippen LogP contribution is -2.04. The number of hydrogen-bond acceptors (Lipinski definition) is 4. The van der Waals surface area contributed by atoms with E-state index in [0.717, 1.165) is 9.37 Å². The summed E-state index contributed by atoms with van der Waals surface area (Å²) in [5.41, 5.74) is 1.05. The topological polar surface area (TPSA) is 56.3 Å². The molecule has 1 aromatic carbocycles. The standard InChI is InChI=1S/C14H12BrNO3S/c1-19-14(17)10-2-5-12(16-8-10)9-20(18)13-6-3-11(15)4-7-13/h2-8H,9H2,1H3. The molecule has 0 fully saturated rings. The molecule has 0 amide bonds. The minimum atomic E-state index is -1.16. The van der Waals surface area contributed by atoms with Crippen LogP contribution >= 0.6 is 15.9 Å². The minimum absolute atomic E-state index is 0.309. The fraction of sp³-hybridized carbons (Fsp3) is 0.143. The molecule has 0 saturated carbocycles. The number of methoxy groups -OCH3 is 1. The number of ether oxygens (including phenoxy) is 1. The molecule has 4 nitrogen and oxygen atoms in total. The zero-order chi connectivity index (χ0) is 14.5. The number of carbonyl (C=O) groups is 1. The Labute approximate surface area is 127 Å². The van der Waals surface area contributed by atoms with E-state index in [2.05, 4.69) is 25.7 Å². The van der Waals surface area contributed by atoms with E-state index in [-0.39, 0.29) is 0 Å². The van der Waals surface area contributed by atoms with Gasteiger partial charge in [-0.2, -0.15) is 0 Å². The lowest BCUT2D eigenvalue weighted by molar-refractivity contribution is 0.0600. The molecular formula is C14H12BrNO3S. The first-order valence-corrected chi connectivity index (χ1v) is 7.88. The summed E-state index contributed by atoms with van der Waals surface area (Å²) >= 11 is 3.33. The predicted molar refractivity (Wildman–Crippen MR) is 79.8 cm³/mol. The number of aromatic nitrogens is 1. The number of halogens is 1. The number of nitrogens with zero attached hydrogens (tertiary/aromatic N) is 1. The highest BCUT2D eigenvalue weighted by Crippen LogP contribution is 2.15. The molecule has 1 heterocycles. The maximum atomic E-state index is 12.2. The van der Waals surface area contributed by atoms with Gasteiger partial charge in [0.1, 0.15) is 0 Å². The highest BCUT2D eigenvalue weighted by molar-refractivity contribution is 9.10. The van der Waals surface area contributed by atoms with Crippen LogP contribution in [0, 0.1) is 0 Å². The number of pyridine rings is 1. The van der Waals surface area contributed by atoms with Gasteiger partial charge >= 0.3 is 5.97 Å². The quantitative estimate of drug-likeness (QED) is 0.793. The maximum absolute atomic E-state index is 12.2. The third-order valence-electron chi connectivity index (χ3n) is 2.60. The Morgan fingerprint density at radius 1 is 1.25 bits per heavy atom. The maximum Gasteiger partial charge on any atom is 0.339 e. The lowest BCUT2D eigenvalue weighted by Gasteiger charge is -2.03. The van der Waals surface area contributed by atoms with E-state index < -0.39 is 16.8 Å². The molecule has 2 rings (SSSR count). The second kappa shape index (κ2) is 6.76. The number of benzene rings is 1. The van der Waals surface area contributed by atoms with Crippen molar-refractivity contribution in [2.24, 2.45) is 0 Å². The van der Waals surface area contributed by atoms with E-state index in [4.69, 9.17) is 0 Å².